The second-order valence-electron chi connectivity index (χ2n) is 5.96. The number of benzene rings is 1. The molecule has 0 saturated heterocycles. The van der Waals surface area contributed by atoms with Crippen molar-refractivity contribution < 1.29 is 9.59 Å². The molecule has 1 aromatic heterocycles. The number of aromatic nitrogens is 3. The maximum Gasteiger partial charge on any atom is 0.251 e. The van der Waals surface area contributed by atoms with E-state index in [1.165, 1.54) is 6.92 Å². The van der Waals surface area contributed by atoms with Crippen LogP contribution in [0.3, 0.4) is 0 Å². The maximum absolute atomic E-state index is 12.2. The van der Waals surface area contributed by atoms with Crippen molar-refractivity contribution in [1.29, 1.82) is 0 Å². The molecule has 0 fully saturated rings. The van der Waals surface area contributed by atoms with Crippen molar-refractivity contribution in [3.63, 3.8) is 0 Å². The van der Waals surface area contributed by atoms with Gasteiger partial charge in [0.15, 0.2) is 11.6 Å². The average Bonchev–Trinajstić information content (AvgIpc) is 2.59. The lowest BCUT2D eigenvalue weighted by Gasteiger charge is -2.16. The van der Waals surface area contributed by atoms with E-state index in [0.717, 1.165) is 0 Å². The normalized spacial score (nSPS) is 10.3. The molecule has 25 heavy (non-hydrogen) atoms. The largest absolute Gasteiger partial charge is 0.347 e. The molecule has 0 atom stereocenters. The summed E-state index contributed by atoms with van der Waals surface area (Å²) >= 11 is 0. The summed E-state index contributed by atoms with van der Waals surface area (Å²) in [7, 11) is 7.36. The number of nitrogens with zero attached hydrogens (tertiary/aromatic N) is 5. The van der Waals surface area contributed by atoms with E-state index in [0.29, 0.717) is 28.8 Å². The number of anilines is 2. The fourth-order valence-corrected chi connectivity index (χ4v) is 1.99. The minimum Gasteiger partial charge on any atom is -0.347 e. The SMILES string of the molecule is CC(=O)c1ccc(C(=O)NCc2nc(N(C)C)nc(N(C)C)n2)cc1. The number of Topliss-reactive ketones (excluding diaryl/α,β-unsaturated/α-hetero) is 1. The average molecular weight is 342 g/mol. The molecule has 0 aliphatic carbocycles. The van der Waals surface area contributed by atoms with Crippen molar-refractivity contribution in [2.24, 2.45) is 0 Å². The van der Waals surface area contributed by atoms with Crippen molar-refractivity contribution in [2.45, 2.75) is 13.5 Å². The van der Waals surface area contributed by atoms with Gasteiger partial charge in [0.25, 0.3) is 5.91 Å². The highest BCUT2D eigenvalue weighted by Gasteiger charge is 2.12. The third kappa shape index (κ3) is 4.72. The standard InChI is InChI=1S/C17H22N6O2/c1-11(24)12-6-8-13(9-7-12)15(25)18-10-14-19-16(22(2)3)21-17(20-14)23(4)5/h6-9H,10H2,1-5H3,(H,18,25). The summed E-state index contributed by atoms with van der Waals surface area (Å²) in [6.07, 6.45) is 0. The van der Waals surface area contributed by atoms with Gasteiger partial charge in [-0.15, -0.1) is 0 Å². The number of ketones is 1. The molecule has 0 bridgehead atoms. The molecule has 1 heterocycles. The molecule has 0 aliphatic rings. The molecule has 132 valence electrons. The molecule has 1 N–H and O–H groups in total. The van der Waals surface area contributed by atoms with Gasteiger partial charge in [-0.3, -0.25) is 9.59 Å². The first-order valence-electron chi connectivity index (χ1n) is 7.76. The maximum atomic E-state index is 12.2. The Morgan fingerprint density at radius 2 is 1.36 bits per heavy atom. The molecule has 2 aromatic rings. The molecule has 2 rings (SSSR count). The molecule has 8 heteroatoms. The zero-order valence-corrected chi connectivity index (χ0v) is 15.1. The topological polar surface area (TPSA) is 91.3 Å². The van der Waals surface area contributed by atoms with Crippen molar-refractivity contribution in [2.75, 3.05) is 38.0 Å². The molecule has 0 radical (unpaired) electrons. The van der Waals surface area contributed by atoms with Crippen LogP contribution in [0.25, 0.3) is 0 Å². The zero-order chi connectivity index (χ0) is 18.6. The number of nitrogens with one attached hydrogen (secondary N) is 1. The van der Waals surface area contributed by atoms with E-state index in [-0.39, 0.29) is 18.2 Å². The summed E-state index contributed by atoms with van der Waals surface area (Å²) in [5.74, 6) is 1.22. The van der Waals surface area contributed by atoms with Crippen molar-refractivity contribution in [1.82, 2.24) is 20.3 Å². The van der Waals surface area contributed by atoms with Gasteiger partial charge in [0.1, 0.15) is 0 Å². The Bertz CT molecular complexity index is 745. The van der Waals surface area contributed by atoms with Crippen LogP contribution in [-0.4, -0.2) is 54.8 Å². The quantitative estimate of drug-likeness (QED) is 0.787. The Balaban J connectivity index is 2.11. The highest BCUT2D eigenvalue weighted by atomic mass is 16.1. The van der Waals surface area contributed by atoms with Gasteiger partial charge in [-0.25, -0.2) is 0 Å². The number of hydrogen-bond acceptors (Lipinski definition) is 7. The molecule has 0 aliphatic heterocycles. The van der Waals surface area contributed by atoms with E-state index in [4.69, 9.17) is 0 Å². The van der Waals surface area contributed by atoms with E-state index in [9.17, 15) is 9.59 Å². The number of carbonyl (C=O) groups is 2. The van der Waals surface area contributed by atoms with Gasteiger partial charge >= 0.3 is 0 Å². The zero-order valence-electron chi connectivity index (χ0n) is 15.1. The molecule has 1 amide bonds. The lowest BCUT2D eigenvalue weighted by molar-refractivity contribution is 0.0947. The summed E-state index contributed by atoms with van der Waals surface area (Å²) in [6.45, 7) is 1.66. The van der Waals surface area contributed by atoms with Crippen LogP contribution < -0.4 is 15.1 Å². The Labute approximate surface area is 146 Å². The van der Waals surface area contributed by atoms with E-state index in [1.807, 2.05) is 28.2 Å². The fourth-order valence-electron chi connectivity index (χ4n) is 1.99. The van der Waals surface area contributed by atoms with E-state index < -0.39 is 0 Å². The summed E-state index contributed by atoms with van der Waals surface area (Å²) in [6, 6.07) is 6.51. The van der Waals surface area contributed by atoms with Gasteiger partial charge in [0.2, 0.25) is 11.9 Å². The van der Waals surface area contributed by atoms with Gasteiger partial charge in [0, 0.05) is 39.3 Å². The smallest absolute Gasteiger partial charge is 0.251 e. The summed E-state index contributed by atoms with van der Waals surface area (Å²) in [5, 5.41) is 2.78. The van der Waals surface area contributed by atoms with Gasteiger partial charge in [-0.1, -0.05) is 12.1 Å². The molecule has 0 spiro atoms. The van der Waals surface area contributed by atoms with Crippen molar-refractivity contribution >= 4 is 23.6 Å². The summed E-state index contributed by atoms with van der Waals surface area (Å²) in [5.41, 5.74) is 1.04. The Kier molecular flexibility index (Phi) is 5.63. The molecular weight excluding hydrogens is 320 g/mol. The van der Waals surface area contributed by atoms with Crippen LogP contribution >= 0.6 is 0 Å². The van der Waals surface area contributed by atoms with Crippen LogP contribution in [-0.2, 0) is 6.54 Å². The van der Waals surface area contributed by atoms with Crippen LogP contribution in [0.5, 0.6) is 0 Å². The molecule has 8 nitrogen and oxygen atoms in total. The third-order valence-electron chi connectivity index (χ3n) is 3.42. The van der Waals surface area contributed by atoms with Gasteiger partial charge in [-0.2, -0.15) is 15.0 Å². The minimum absolute atomic E-state index is 0.0374. The van der Waals surface area contributed by atoms with Gasteiger partial charge < -0.3 is 15.1 Å². The van der Waals surface area contributed by atoms with Gasteiger partial charge in [0.05, 0.1) is 6.54 Å². The number of hydrogen-bond donors (Lipinski definition) is 1. The van der Waals surface area contributed by atoms with Crippen LogP contribution in [0, 0.1) is 0 Å². The van der Waals surface area contributed by atoms with E-state index >= 15 is 0 Å². The molecule has 0 unspecified atom stereocenters. The molecule has 1 aromatic carbocycles. The Hall–Kier alpha value is -3.03. The lowest BCUT2D eigenvalue weighted by Crippen LogP contribution is -2.26. The lowest BCUT2D eigenvalue weighted by atomic mass is 10.1. The number of carbonyl (C=O) groups excluding carboxylic acids is 2. The predicted molar refractivity (Wildman–Crippen MR) is 96.1 cm³/mol. The first-order chi connectivity index (χ1) is 11.8. The number of rotatable bonds is 6. The van der Waals surface area contributed by atoms with E-state index in [2.05, 4.69) is 20.3 Å². The fraction of sp³-hybridized carbons (Fsp3) is 0.353. The molecule has 0 saturated carbocycles. The second-order valence-corrected chi connectivity index (χ2v) is 5.96. The van der Waals surface area contributed by atoms with Crippen LogP contribution in [0.15, 0.2) is 24.3 Å². The van der Waals surface area contributed by atoms with Crippen LogP contribution in [0.2, 0.25) is 0 Å². The van der Waals surface area contributed by atoms with Crippen LogP contribution in [0.4, 0.5) is 11.9 Å². The predicted octanol–water partition coefficient (Wildman–Crippen LogP) is 1.14. The van der Waals surface area contributed by atoms with Gasteiger partial charge in [-0.05, 0) is 19.1 Å². The molecular formula is C17H22N6O2. The minimum atomic E-state index is -0.256. The highest BCUT2D eigenvalue weighted by Crippen LogP contribution is 2.11. The first-order valence-corrected chi connectivity index (χ1v) is 7.76. The summed E-state index contributed by atoms with van der Waals surface area (Å²) in [4.78, 5) is 40.1. The third-order valence-corrected chi connectivity index (χ3v) is 3.42. The summed E-state index contributed by atoms with van der Waals surface area (Å²) < 4.78 is 0. The Morgan fingerprint density at radius 3 is 1.80 bits per heavy atom. The van der Waals surface area contributed by atoms with E-state index in [1.54, 1.807) is 34.1 Å². The van der Waals surface area contributed by atoms with Crippen molar-refractivity contribution in [3.8, 4) is 0 Å². The Morgan fingerprint density at radius 1 is 0.880 bits per heavy atom. The van der Waals surface area contributed by atoms with Crippen molar-refractivity contribution in [3.05, 3.63) is 41.2 Å². The van der Waals surface area contributed by atoms with Crippen LogP contribution in [0.1, 0.15) is 33.5 Å². The number of amides is 1. The highest BCUT2D eigenvalue weighted by molar-refractivity contribution is 5.97. The second kappa shape index (κ2) is 7.69. The first kappa shape index (κ1) is 18.3. The monoisotopic (exact) mass is 342 g/mol.